The Kier molecular flexibility index (Phi) is 6.20. The van der Waals surface area contributed by atoms with E-state index in [9.17, 15) is 0 Å². The minimum absolute atomic E-state index is 1.11. The molecule has 15 heavy (non-hydrogen) atoms. The molecule has 1 heteroatoms. The molecular weight excluding hydrogens is 200 g/mol. The van der Waals surface area contributed by atoms with E-state index in [2.05, 4.69) is 24.3 Å². The smallest absolute Gasteiger partial charge is 0.0381 e. The van der Waals surface area contributed by atoms with Gasteiger partial charge < -0.3 is 0 Å². The predicted octanol–water partition coefficient (Wildman–Crippen LogP) is 4.63. The zero-order chi connectivity index (χ0) is 10.9. The highest BCUT2D eigenvalue weighted by Crippen LogP contribution is 2.19. The van der Waals surface area contributed by atoms with E-state index in [1.54, 1.807) is 11.3 Å². The quantitative estimate of drug-likeness (QED) is 0.464. The summed E-state index contributed by atoms with van der Waals surface area (Å²) in [7, 11) is 0. The third-order valence-corrected chi connectivity index (χ3v) is 3.64. The van der Waals surface area contributed by atoms with Crippen LogP contribution in [0, 0.1) is 12.3 Å². The van der Waals surface area contributed by atoms with E-state index in [1.165, 1.54) is 49.8 Å². The van der Waals surface area contributed by atoms with Crippen LogP contribution >= 0.6 is 11.3 Å². The monoisotopic (exact) mass is 220 g/mol. The first-order valence-electron chi connectivity index (χ1n) is 5.91. The number of rotatable bonds is 7. The Morgan fingerprint density at radius 1 is 1.20 bits per heavy atom. The summed E-state index contributed by atoms with van der Waals surface area (Å²) < 4.78 is 0. The molecule has 0 fully saturated rings. The van der Waals surface area contributed by atoms with Gasteiger partial charge in [-0.15, -0.1) is 17.8 Å². The Morgan fingerprint density at radius 2 is 1.93 bits per heavy atom. The van der Waals surface area contributed by atoms with Gasteiger partial charge in [0.2, 0.25) is 0 Å². The molecule has 0 aliphatic carbocycles. The number of hydrogen-bond donors (Lipinski definition) is 0. The first kappa shape index (κ1) is 12.3. The highest BCUT2D eigenvalue weighted by molar-refractivity contribution is 7.10. The van der Waals surface area contributed by atoms with Crippen molar-refractivity contribution in [2.45, 2.75) is 51.9 Å². The summed E-state index contributed by atoms with van der Waals surface area (Å²) in [5.74, 6) is 2.75. The molecule has 0 saturated carbocycles. The average molecular weight is 220 g/mol. The summed E-state index contributed by atoms with van der Waals surface area (Å²) in [6.45, 7) is 2.25. The summed E-state index contributed by atoms with van der Waals surface area (Å²) in [4.78, 5) is 1.40. The lowest BCUT2D eigenvalue weighted by Crippen LogP contribution is -1.85. The van der Waals surface area contributed by atoms with Crippen LogP contribution in [0.5, 0.6) is 0 Å². The lowest BCUT2D eigenvalue weighted by Gasteiger charge is -2.00. The maximum atomic E-state index is 5.42. The molecule has 1 aromatic heterocycles. The first-order valence-corrected chi connectivity index (χ1v) is 6.79. The van der Waals surface area contributed by atoms with Gasteiger partial charge in [-0.05, 0) is 24.3 Å². The van der Waals surface area contributed by atoms with Crippen LogP contribution in [-0.2, 0) is 6.42 Å². The fraction of sp³-hybridized carbons (Fsp3) is 0.571. The van der Waals surface area contributed by atoms with Crippen molar-refractivity contribution in [1.29, 1.82) is 0 Å². The van der Waals surface area contributed by atoms with Crippen molar-refractivity contribution in [3.8, 4) is 12.3 Å². The maximum Gasteiger partial charge on any atom is 0.0381 e. The SMILES string of the molecule is C#Cc1ccsc1CCCCCCCC. The Bertz CT molecular complexity index is 303. The maximum absolute atomic E-state index is 5.42. The molecule has 0 amide bonds. The Morgan fingerprint density at radius 3 is 2.67 bits per heavy atom. The Hall–Kier alpha value is -0.740. The first-order chi connectivity index (χ1) is 7.38. The molecule has 0 atom stereocenters. The van der Waals surface area contributed by atoms with E-state index in [-0.39, 0.29) is 0 Å². The van der Waals surface area contributed by atoms with E-state index in [1.807, 2.05) is 0 Å². The molecule has 0 aromatic carbocycles. The number of unbranched alkanes of at least 4 members (excludes halogenated alkanes) is 5. The molecule has 0 aliphatic rings. The lowest BCUT2D eigenvalue weighted by molar-refractivity contribution is 0.609. The van der Waals surface area contributed by atoms with Crippen molar-refractivity contribution >= 4 is 11.3 Å². The van der Waals surface area contributed by atoms with Crippen LogP contribution < -0.4 is 0 Å². The van der Waals surface area contributed by atoms with E-state index in [0.717, 1.165) is 5.56 Å². The molecule has 0 bridgehead atoms. The molecule has 0 radical (unpaired) electrons. The van der Waals surface area contributed by atoms with Gasteiger partial charge >= 0.3 is 0 Å². The van der Waals surface area contributed by atoms with Gasteiger partial charge in [0.25, 0.3) is 0 Å². The molecule has 0 nitrogen and oxygen atoms in total. The van der Waals surface area contributed by atoms with E-state index in [0.29, 0.717) is 0 Å². The standard InChI is InChI=1S/C14H20S/c1-3-5-6-7-8-9-10-14-13(4-2)11-12-15-14/h2,11-12H,3,5-10H2,1H3. The van der Waals surface area contributed by atoms with Gasteiger partial charge in [0, 0.05) is 10.4 Å². The number of thiophene rings is 1. The summed E-state index contributed by atoms with van der Waals surface area (Å²) in [5.41, 5.74) is 1.11. The number of hydrogen-bond acceptors (Lipinski definition) is 1. The summed E-state index contributed by atoms with van der Waals surface area (Å²) >= 11 is 1.80. The molecule has 0 unspecified atom stereocenters. The summed E-state index contributed by atoms with van der Waals surface area (Å²) in [6.07, 6.45) is 14.7. The van der Waals surface area contributed by atoms with E-state index >= 15 is 0 Å². The normalized spacial score (nSPS) is 10.1. The predicted molar refractivity (Wildman–Crippen MR) is 69.3 cm³/mol. The minimum atomic E-state index is 1.11. The van der Waals surface area contributed by atoms with Gasteiger partial charge in [-0.2, -0.15) is 0 Å². The van der Waals surface area contributed by atoms with Crippen LogP contribution in [0.2, 0.25) is 0 Å². The van der Waals surface area contributed by atoms with Gasteiger partial charge in [-0.1, -0.05) is 44.9 Å². The van der Waals surface area contributed by atoms with Crippen LogP contribution in [0.3, 0.4) is 0 Å². The van der Waals surface area contributed by atoms with Crippen LogP contribution in [0.15, 0.2) is 11.4 Å². The van der Waals surface area contributed by atoms with Crippen LogP contribution in [-0.4, -0.2) is 0 Å². The molecule has 82 valence electrons. The molecule has 0 spiro atoms. The molecular formula is C14H20S. The summed E-state index contributed by atoms with van der Waals surface area (Å²) in [5, 5.41) is 2.10. The van der Waals surface area contributed by atoms with E-state index in [4.69, 9.17) is 6.42 Å². The van der Waals surface area contributed by atoms with Gasteiger partial charge in [0.1, 0.15) is 0 Å². The van der Waals surface area contributed by atoms with Crippen LogP contribution in [0.25, 0.3) is 0 Å². The second kappa shape index (κ2) is 7.54. The lowest BCUT2D eigenvalue weighted by atomic mass is 10.1. The van der Waals surface area contributed by atoms with Crippen molar-refractivity contribution in [1.82, 2.24) is 0 Å². The third-order valence-electron chi connectivity index (χ3n) is 2.66. The van der Waals surface area contributed by atoms with Crippen molar-refractivity contribution in [3.63, 3.8) is 0 Å². The molecule has 1 heterocycles. The van der Waals surface area contributed by atoms with Crippen LogP contribution in [0.4, 0.5) is 0 Å². The van der Waals surface area contributed by atoms with Crippen molar-refractivity contribution < 1.29 is 0 Å². The van der Waals surface area contributed by atoms with Gasteiger partial charge in [0.15, 0.2) is 0 Å². The average Bonchev–Trinajstić information content (AvgIpc) is 2.70. The number of aryl methyl sites for hydroxylation is 1. The van der Waals surface area contributed by atoms with Gasteiger partial charge in [0.05, 0.1) is 0 Å². The fourth-order valence-corrected chi connectivity index (χ4v) is 2.61. The minimum Gasteiger partial charge on any atom is -0.148 e. The van der Waals surface area contributed by atoms with E-state index < -0.39 is 0 Å². The largest absolute Gasteiger partial charge is 0.148 e. The molecule has 0 aliphatic heterocycles. The van der Waals surface area contributed by atoms with Crippen molar-refractivity contribution in [3.05, 3.63) is 21.9 Å². The Balaban J connectivity index is 2.13. The van der Waals surface area contributed by atoms with Crippen molar-refractivity contribution in [2.75, 3.05) is 0 Å². The highest BCUT2D eigenvalue weighted by Gasteiger charge is 2.00. The Labute approximate surface area is 97.7 Å². The third kappa shape index (κ3) is 4.53. The highest BCUT2D eigenvalue weighted by atomic mass is 32.1. The number of terminal acetylenes is 1. The molecule has 1 rings (SSSR count). The van der Waals surface area contributed by atoms with Crippen molar-refractivity contribution in [2.24, 2.45) is 0 Å². The second-order valence-corrected chi connectivity index (χ2v) is 4.92. The zero-order valence-corrected chi connectivity index (χ0v) is 10.4. The molecule has 0 N–H and O–H groups in total. The summed E-state index contributed by atoms with van der Waals surface area (Å²) in [6, 6.07) is 2.05. The molecule has 0 saturated heterocycles. The topological polar surface area (TPSA) is 0 Å². The van der Waals surface area contributed by atoms with Crippen LogP contribution in [0.1, 0.15) is 55.9 Å². The van der Waals surface area contributed by atoms with Gasteiger partial charge in [-0.25, -0.2) is 0 Å². The molecule has 1 aromatic rings. The zero-order valence-electron chi connectivity index (χ0n) is 9.59. The van der Waals surface area contributed by atoms with Gasteiger partial charge in [-0.3, -0.25) is 0 Å². The fourth-order valence-electron chi connectivity index (χ4n) is 1.73. The second-order valence-electron chi connectivity index (χ2n) is 3.92.